The van der Waals surface area contributed by atoms with Crippen molar-refractivity contribution in [2.45, 2.75) is 6.32 Å². The average molecular weight is 74.0 g/mol. The van der Waals surface area contributed by atoms with E-state index >= 15 is 0 Å². The summed E-state index contributed by atoms with van der Waals surface area (Å²) in [4.78, 5) is 0. The van der Waals surface area contributed by atoms with Gasteiger partial charge in [0.1, 0.15) is 7.85 Å². The average Bonchev–Trinajstić information content (AvgIpc) is 1.37. The molecule has 0 rings (SSSR count). The standard InChI is InChI=1S/C2H7BS/c3-1-2-4/h4H,1-3H2. The summed E-state index contributed by atoms with van der Waals surface area (Å²) in [6.07, 6.45) is 1.18. The van der Waals surface area contributed by atoms with Crippen LogP contribution in [0, 0.1) is 0 Å². The van der Waals surface area contributed by atoms with E-state index in [1.165, 1.54) is 6.32 Å². The molecule has 0 bridgehead atoms. The molecule has 0 nitrogen and oxygen atoms in total. The Hall–Kier alpha value is 0.415. The molecule has 0 heterocycles. The lowest BCUT2D eigenvalue weighted by Gasteiger charge is -1.66. The first kappa shape index (κ1) is 4.41. The van der Waals surface area contributed by atoms with Crippen LogP contribution in [0.4, 0.5) is 0 Å². The smallest absolute Gasteiger partial charge is 0.102 e. The van der Waals surface area contributed by atoms with Gasteiger partial charge in [-0.3, -0.25) is 0 Å². The Balaban J connectivity index is 1.97. The first-order chi connectivity index (χ1) is 1.91. The summed E-state index contributed by atoms with van der Waals surface area (Å²) in [6, 6.07) is 0. The summed E-state index contributed by atoms with van der Waals surface area (Å²) < 4.78 is 0. The first-order valence-corrected chi connectivity index (χ1v) is 2.16. The Morgan fingerprint density at radius 2 is 2.00 bits per heavy atom. The summed E-state index contributed by atoms with van der Waals surface area (Å²) in [6.45, 7) is 0. The van der Waals surface area contributed by atoms with Gasteiger partial charge in [0.25, 0.3) is 0 Å². The van der Waals surface area contributed by atoms with Crippen LogP contribution in [0.25, 0.3) is 0 Å². The zero-order valence-corrected chi connectivity index (χ0v) is 3.76. The second-order valence-corrected chi connectivity index (χ2v) is 1.17. The Morgan fingerprint density at radius 3 is 2.00 bits per heavy atom. The topological polar surface area (TPSA) is 0 Å². The van der Waals surface area contributed by atoms with Crippen LogP contribution in [0.3, 0.4) is 0 Å². The second kappa shape index (κ2) is 3.41. The second-order valence-electron chi connectivity index (χ2n) is 0.724. The van der Waals surface area contributed by atoms with Gasteiger partial charge in [-0.1, -0.05) is 6.32 Å². The van der Waals surface area contributed by atoms with E-state index in [9.17, 15) is 0 Å². The third kappa shape index (κ3) is 2.41. The van der Waals surface area contributed by atoms with E-state index in [1.54, 1.807) is 0 Å². The van der Waals surface area contributed by atoms with E-state index in [2.05, 4.69) is 20.5 Å². The van der Waals surface area contributed by atoms with Crippen molar-refractivity contribution in [3.8, 4) is 0 Å². The van der Waals surface area contributed by atoms with E-state index in [0.29, 0.717) is 0 Å². The molecule has 0 aromatic heterocycles. The highest BCUT2D eigenvalue weighted by molar-refractivity contribution is 7.80. The summed E-state index contributed by atoms with van der Waals surface area (Å²) >= 11 is 3.92. The molecule has 0 radical (unpaired) electrons. The minimum absolute atomic E-state index is 1.01. The lowest BCUT2D eigenvalue weighted by atomic mass is 10.1. The highest BCUT2D eigenvalue weighted by Gasteiger charge is 1.58. The normalized spacial score (nSPS) is 7.25. The molecule has 0 aliphatic rings. The van der Waals surface area contributed by atoms with Crippen LogP contribution in [0.15, 0.2) is 0 Å². The van der Waals surface area contributed by atoms with Gasteiger partial charge < -0.3 is 0 Å². The molecule has 0 fully saturated rings. The Labute approximate surface area is 33.4 Å². The van der Waals surface area contributed by atoms with Gasteiger partial charge in [0.15, 0.2) is 0 Å². The molecule has 0 saturated heterocycles. The molecule has 0 aromatic carbocycles. The van der Waals surface area contributed by atoms with Crippen molar-refractivity contribution in [1.29, 1.82) is 0 Å². The molecule has 2 heteroatoms. The largest absolute Gasteiger partial charge is 0.180 e. The Morgan fingerprint density at radius 1 is 1.75 bits per heavy atom. The number of hydrogen-bond donors (Lipinski definition) is 1. The van der Waals surface area contributed by atoms with Crippen LogP contribution in [0.1, 0.15) is 0 Å². The van der Waals surface area contributed by atoms with Crippen LogP contribution in [0.2, 0.25) is 6.32 Å². The van der Waals surface area contributed by atoms with Crippen molar-refractivity contribution < 1.29 is 0 Å². The summed E-state index contributed by atoms with van der Waals surface area (Å²) in [5.41, 5.74) is 0. The fourth-order valence-electron chi connectivity index (χ4n) is 0. The lowest BCUT2D eigenvalue weighted by Crippen LogP contribution is -1.62. The van der Waals surface area contributed by atoms with Gasteiger partial charge in [0.2, 0.25) is 0 Å². The summed E-state index contributed by atoms with van der Waals surface area (Å²) in [5.74, 6) is 1.01. The van der Waals surface area contributed by atoms with Crippen molar-refractivity contribution in [2.75, 3.05) is 5.75 Å². The molecule has 0 aliphatic heterocycles. The molecule has 0 spiro atoms. The van der Waals surface area contributed by atoms with E-state index < -0.39 is 0 Å². The maximum absolute atomic E-state index is 3.92. The molecular weight excluding hydrogens is 66.9 g/mol. The predicted octanol–water partition coefficient (Wildman–Crippen LogP) is -0.0324. The minimum atomic E-state index is 1.01. The maximum Gasteiger partial charge on any atom is 0.102 e. The predicted molar refractivity (Wildman–Crippen MR) is 27.2 cm³/mol. The fourth-order valence-corrected chi connectivity index (χ4v) is 0. The molecule has 0 atom stereocenters. The molecule has 0 unspecified atom stereocenters. The quantitative estimate of drug-likeness (QED) is 0.327. The van der Waals surface area contributed by atoms with Crippen LogP contribution in [-0.4, -0.2) is 13.6 Å². The van der Waals surface area contributed by atoms with Crippen molar-refractivity contribution in [3.63, 3.8) is 0 Å². The molecule has 24 valence electrons. The molecule has 0 N–H and O–H groups in total. The highest BCUT2D eigenvalue weighted by atomic mass is 32.1. The molecule has 4 heavy (non-hydrogen) atoms. The number of hydrogen-bond acceptors (Lipinski definition) is 1. The van der Waals surface area contributed by atoms with Crippen molar-refractivity contribution in [2.24, 2.45) is 0 Å². The molecule has 0 aromatic rings. The van der Waals surface area contributed by atoms with Gasteiger partial charge in [0, 0.05) is 0 Å². The monoisotopic (exact) mass is 74.0 g/mol. The van der Waals surface area contributed by atoms with E-state index in [4.69, 9.17) is 0 Å². The zero-order valence-electron chi connectivity index (χ0n) is 2.86. The van der Waals surface area contributed by atoms with Gasteiger partial charge in [-0.2, -0.15) is 12.6 Å². The SMILES string of the molecule is BCCS. The Kier molecular flexibility index (Phi) is 3.77. The van der Waals surface area contributed by atoms with Gasteiger partial charge in [-0.15, -0.1) is 0 Å². The summed E-state index contributed by atoms with van der Waals surface area (Å²) in [7, 11) is 2.10. The minimum Gasteiger partial charge on any atom is -0.180 e. The molecule has 0 amide bonds. The third-order valence-electron chi connectivity index (χ3n) is 0.224. The first-order valence-electron chi connectivity index (χ1n) is 1.52. The highest BCUT2D eigenvalue weighted by Crippen LogP contribution is 1.71. The lowest BCUT2D eigenvalue weighted by molar-refractivity contribution is 1.52. The van der Waals surface area contributed by atoms with Crippen molar-refractivity contribution in [3.05, 3.63) is 0 Å². The van der Waals surface area contributed by atoms with Gasteiger partial charge >= 0.3 is 0 Å². The van der Waals surface area contributed by atoms with Gasteiger partial charge in [-0.05, 0) is 5.75 Å². The third-order valence-corrected chi connectivity index (χ3v) is 0.671. The molecule has 0 aliphatic carbocycles. The molecule has 0 saturated carbocycles. The van der Waals surface area contributed by atoms with Crippen LogP contribution in [-0.2, 0) is 0 Å². The van der Waals surface area contributed by atoms with Crippen LogP contribution < -0.4 is 0 Å². The van der Waals surface area contributed by atoms with Crippen LogP contribution in [0.5, 0.6) is 0 Å². The van der Waals surface area contributed by atoms with Crippen LogP contribution >= 0.6 is 12.6 Å². The van der Waals surface area contributed by atoms with Crippen molar-refractivity contribution >= 4 is 20.5 Å². The van der Waals surface area contributed by atoms with Crippen molar-refractivity contribution in [1.82, 2.24) is 0 Å². The number of thiol groups is 1. The molecular formula is C2H7BS. The maximum atomic E-state index is 3.92. The van der Waals surface area contributed by atoms with Gasteiger partial charge in [-0.25, -0.2) is 0 Å². The number of rotatable bonds is 1. The van der Waals surface area contributed by atoms with E-state index in [1.807, 2.05) is 0 Å². The fraction of sp³-hybridized carbons (Fsp3) is 1.00. The zero-order chi connectivity index (χ0) is 3.41. The van der Waals surface area contributed by atoms with Gasteiger partial charge in [0.05, 0.1) is 0 Å². The Bertz CT molecular complexity index is 8.00. The summed E-state index contributed by atoms with van der Waals surface area (Å²) in [5, 5.41) is 0. The van der Waals surface area contributed by atoms with E-state index in [-0.39, 0.29) is 0 Å². The van der Waals surface area contributed by atoms with E-state index in [0.717, 1.165) is 5.75 Å².